The zero-order valence-electron chi connectivity index (χ0n) is 41.1. The van der Waals surface area contributed by atoms with Gasteiger partial charge >= 0.3 is 0 Å². The normalized spacial score (nSPS) is 12.7. The van der Waals surface area contributed by atoms with Gasteiger partial charge in [0, 0.05) is 0 Å². The molecular formula is C61H64. The maximum atomic E-state index is 2.57. The van der Waals surface area contributed by atoms with Crippen LogP contribution in [-0.4, -0.2) is 0 Å². The molecular weight excluding hydrogens is 733 g/mol. The van der Waals surface area contributed by atoms with Crippen LogP contribution in [0.25, 0.3) is 98.7 Å². The summed E-state index contributed by atoms with van der Waals surface area (Å²) in [5.41, 5.74) is 44.6. The Balaban J connectivity index is 1.42. The van der Waals surface area contributed by atoms with Crippen molar-refractivity contribution in [1.82, 2.24) is 0 Å². The van der Waals surface area contributed by atoms with Crippen LogP contribution in [0.2, 0.25) is 0 Å². The standard InChI is InChI=1S/C61H64/c1-23-22-44-49(36(14)37(15)52-57-41(19)46-31(9)26(4)25(3)30(8)45(46)40(18)56(57)50(24(23)2)60(44)52)51-38(16)39(17)55-59-43(21)48-33(11)28(6)27(5)32(10)47(48)42(20)58(59)54-35(13)29(7)34(12)53(51)61(54)55/h22H,1-21H3. The Kier molecular flexibility index (Phi) is 8.16. The molecule has 0 N–H and O–H groups in total. The molecule has 8 aromatic carbocycles. The fourth-order valence-corrected chi connectivity index (χ4v) is 13.5. The monoisotopic (exact) mass is 797 g/mol. The Labute approximate surface area is 365 Å². The summed E-state index contributed by atoms with van der Waals surface area (Å²) in [7, 11) is 0. The number of fused-ring (bicyclic) bond motifs is 8. The van der Waals surface area contributed by atoms with Gasteiger partial charge in [-0.25, -0.2) is 0 Å². The average Bonchev–Trinajstić information content (AvgIpc) is 3.78. The highest BCUT2D eigenvalue weighted by Crippen LogP contribution is 2.62. The van der Waals surface area contributed by atoms with Gasteiger partial charge < -0.3 is 0 Å². The molecule has 2 aliphatic carbocycles. The van der Waals surface area contributed by atoms with Gasteiger partial charge in [-0.05, 0) is 361 Å². The lowest BCUT2D eigenvalue weighted by atomic mass is 9.78. The average molecular weight is 797 g/mol. The molecule has 0 saturated carbocycles. The molecule has 0 fully saturated rings. The summed E-state index contributed by atoms with van der Waals surface area (Å²) >= 11 is 0. The Bertz CT molecular complexity index is 3400. The van der Waals surface area contributed by atoms with Gasteiger partial charge in [0.25, 0.3) is 0 Å². The van der Waals surface area contributed by atoms with Crippen molar-refractivity contribution in [1.29, 1.82) is 0 Å². The van der Waals surface area contributed by atoms with Crippen LogP contribution in [0.1, 0.15) is 117 Å². The lowest BCUT2D eigenvalue weighted by Crippen LogP contribution is -2.02. The van der Waals surface area contributed by atoms with Gasteiger partial charge in [-0.3, -0.25) is 0 Å². The number of hydrogen-bond donors (Lipinski definition) is 0. The van der Waals surface area contributed by atoms with Crippen molar-refractivity contribution in [2.24, 2.45) is 0 Å². The van der Waals surface area contributed by atoms with Crippen molar-refractivity contribution in [3.05, 3.63) is 123 Å². The summed E-state index contributed by atoms with van der Waals surface area (Å²) in [4.78, 5) is 0. The maximum absolute atomic E-state index is 2.57. The van der Waals surface area contributed by atoms with Crippen molar-refractivity contribution in [3.63, 3.8) is 0 Å². The van der Waals surface area contributed by atoms with Gasteiger partial charge in [0.15, 0.2) is 0 Å². The first kappa shape index (κ1) is 39.9. The van der Waals surface area contributed by atoms with E-state index in [0.29, 0.717) is 0 Å². The quantitative estimate of drug-likeness (QED) is 0.155. The summed E-state index contributed by atoms with van der Waals surface area (Å²) in [6.45, 7) is 50.2. The molecule has 0 saturated heterocycles. The van der Waals surface area contributed by atoms with Gasteiger partial charge in [0.2, 0.25) is 0 Å². The molecule has 0 nitrogen and oxygen atoms in total. The van der Waals surface area contributed by atoms with Crippen LogP contribution >= 0.6 is 0 Å². The second-order valence-corrected chi connectivity index (χ2v) is 20.1. The minimum Gasteiger partial charge on any atom is -0.0505 e. The minimum atomic E-state index is 1.38. The Hall–Kier alpha value is -5.20. The zero-order chi connectivity index (χ0) is 44.2. The molecule has 0 unspecified atom stereocenters. The highest BCUT2D eigenvalue weighted by Gasteiger charge is 2.38. The van der Waals surface area contributed by atoms with E-state index in [1.165, 1.54) is 216 Å². The molecule has 2 aliphatic rings. The number of aryl methyl sites for hydroxylation is 10. The summed E-state index contributed by atoms with van der Waals surface area (Å²) in [6.07, 6.45) is 0. The van der Waals surface area contributed by atoms with E-state index in [-0.39, 0.29) is 0 Å². The molecule has 0 heteroatoms. The van der Waals surface area contributed by atoms with Gasteiger partial charge in [-0.1, -0.05) is 6.07 Å². The van der Waals surface area contributed by atoms with E-state index in [1.807, 2.05) is 0 Å². The molecule has 0 radical (unpaired) electrons. The molecule has 0 heterocycles. The van der Waals surface area contributed by atoms with Crippen LogP contribution in [0.3, 0.4) is 0 Å². The molecule has 0 aromatic heterocycles. The van der Waals surface area contributed by atoms with E-state index in [4.69, 9.17) is 0 Å². The van der Waals surface area contributed by atoms with Crippen LogP contribution in [0, 0.1) is 145 Å². The van der Waals surface area contributed by atoms with E-state index >= 15 is 0 Å². The Morgan fingerprint density at radius 3 is 0.770 bits per heavy atom. The Morgan fingerprint density at radius 1 is 0.164 bits per heavy atom. The molecule has 0 atom stereocenters. The van der Waals surface area contributed by atoms with Crippen molar-refractivity contribution < 1.29 is 0 Å². The number of rotatable bonds is 1. The van der Waals surface area contributed by atoms with Gasteiger partial charge in [-0.15, -0.1) is 0 Å². The predicted molar refractivity (Wildman–Crippen MR) is 270 cm³/mol. The molecule has 10 rings (SSSR count). The van der Waals surface area contributed by atoms with E-state index in [9.17, 15) is 0 Å². The first-order chi connectivity index (χ1) is 28.6. The summed E-state index contributed by atoms with van der Waals surface area (Å²) in [6, 6.07) is 2.57. The SMILES string of the molecule is Cc1cc2c(-c3c(C)c(C)c4c5c(c(C)c(C)c(C)c35)-c3c-4c(C)c4c(C)c(C)c(C)c(C)c4c3C)c(C)c(C)c3c2c(c1C)-c1c-3c(C)c2c(C)c(C)c(C)c(C)c2c1C. The van der Waals surface area contributed by atoms with E-state index in [1.54, 1.807) is 0 Å². The highest BCUT2D eigenvalue weighted by atomic mass is 14.4. The molecule has 0 bridgehead atoms. The second kappa shape index (κ2) is 12.5. The molecule has 8 aromatic rings. The fourth-order valence-electron chi connectivity index (χ4n) is 13.5. The summed E-state index contributed by atoms with van der Waals surface area (Å²) in [5, 5.41) is 11.7. The van der Waals surface area contributed by atoms with Gasteiger partial charge in [0.1, 0.15) is 0 Å². The van der Waals surface area contributed by atoms with E-state index in [0.717, 1.165) is 0 Å². The van der Waals surface area contributed by atoms with Crippen LogP contribution < -0.4 is 0 Å². The molecule has 0 aliphatic heterocycles. The third-order valence-electron chi connectivity index (χ3n) is 18.0. The third-order valence-corrected chi connectivity index (χ3v) is 18.0. The fraction of sp³-hybridized carbons (Fsp3) is 0.344. The molecule has 0 amide bonds. The van der Waals surface area contributed by atoms with E-state index in [2.05, 4.69) is 151 Å². The number of benzene rings is 8. The lowest BCUT2D eigenvalue weighted by molar-refractivity contribution is 1.24. The van der Waals surface area contributed by atoms with Crippen molar-refractivity contribution in [3.8, 4) is 55.6 Å². The summed E-state index contributed by atoms with van der Waals surface area (Å²) < 4.78 is 0. The molecule has 61 heavy (non-hydrogen) atoms. The highest BCUT2D eigenvalue weighted by molar-refractivity contribution is 6.30. The second-order valence-electron chi connectivity index (χ2n) is 20.1. The van der Waals surface area contributed by atoms with Crippen LogP contribution in [0.5, 0.6) is 0 Å². The van der Waals surface area contributed by atoms with Crippen LogP contribution in [0.4, 0.5) is 0 Å². The third kappa shape index (κ3) is 4.38. The summed E-state index contributed by atoms with van der Waals surface area (Å²) in [5.74, 6) is 0. The minimum absolute atomic E-state index is 1.38. The Morgan fingerprint density at radius 2 is 0.410 bits per heavy atom. The van der Waals surface area contributed by atoms with Gasteiger partial charge in [-0.2, -0.15) is 0 Å². The van der Waals surface area contributed by atoms with Crippen molar-refractivity contribution >= 4 is 43.1 Å². The van der Waals surface area contributed by atoms with Crippen molar-refractivity contribution in [2.45, 2.75) is 145 Å². The molecule has 0 spiro atoms. The van der Waals surface area contributed by atoms with Gasteiger partial charge in [0.05, 0.1) is 0 Å². The zero-order valence-corrected chi connectivity index (χ0v) is 41.1. The van der Waals surface area contributed by atoms with Crippen molar-refractivity contribution in [2.75, 3.05) is 0 Å². The lowest BCUT2D eigenvalue weighted by Gasteiger charge is -2.25. The first-order valence-corrected chi connectivity index (χ1v) is 22.8. The topological polar surface area (TPSA) is 0 Å². The first-order valence-electron chi connectivity index (χ1n) is 22.8. The molecule has 308 valence electrons. The largest absolute Gasteiger partial charge is 0.0505 e. The smallest absolute Gasteiger partial charge is 0.00115 e. The van der Waals surface area contributed by atoms with Crippen LogP contribution in [-0.2, 0) is 0 Å². The van der Waals surface area contributed by atoms with E-state index < -0.39 is 0 Å². The maximum Gasteiger partial charge on any atom is -0.00115 e. The van der Waals surface area contributed by atoms with Crippen LogP contribution in [0.15, 0.2) is 6.07 Å². The predicted octanol–water partition coefficient (Wildman–Crippen LogP) is 17.7. The number of hydrogen-bond acceptors (Lipinski definition) is 0.